The van der Waals surface area contributed by atoms with Gasteiger partial charge >= 0.3 is 0 Å². The van der Waals surface area contributed by atoms with Crippen molar-refractivity contribution in [3.05, 3.63) is 71.0 Å². The summed E-state index contributed by atoms with van der Waals surface area (Å²) >= 11 is 0. The van der Waals surface area contributed by atoms with Gasteiger partial charge in [-0.25, -0.2) is 4.39 Å². The average Bonchev–Trinajstić information content (AvgIpc) is 3.26. The van der Waals surface area contributed by atoms with E-state index in [9.17, 15) is 4.39 Å². The van der Waals surface area contributed by atoms with Crippen molar-refractivity contribution in [3.8, 4) is 0 Å². The van der Waals surface area contributed by atoms with Crippen LogP contribution in [0.25, 0.3) is 0 Å². The topological polar surface area (TPSA) is 12.0 Å². The maximum atomic E-state index is 13.9. The Labute approximate surface area is 119 Å². The highest BCUT2D eigenvalue weighted by molar-refractivity contribution is 5.39. The van der Waals surface area contributed by atoms with Crippen molar-refractivity contribution in [1.29, 1.82) is 0 Å². The first kappa shape index (κ1) is 13.3. The van der Waals surface area contributed by atoms with E-state index in [0.717, 1.165) is 18.4 Å². The predicted octanol–water partition coefficient (Wildman–Crippen LogP) is 4.13. The van der Waals surface area contributed by atoms with Crippen LogP contribution in [0.5, 0.6) is 0 Å². The minimum atomic E-state index is -0.119. The second-order valence-corrected chi connectivity index (χ2v) is 5.75. The first-order chi connectivity index (χ1) is 9.67. The van der Waals surface area contributed by atoms with Crippen LogP contribution in [0, 0.1) is 12.7 Å². The molecule has 2 heteroatoms. The van der Waals surface area contributed by atoms with E-state index in [1.54, 1.807) is 13.0 Å². The number of aryl methyl sites for hydroxylation is 1. The quantitative estimate of drug-likeness (QED) is 0.880. The lowest BCUT2D eigenvalue weighted by atomic mass is 9.83. The van der Waals surface area contributed by atoms with Gasteiger partial charge in [-0.1, -0.05) is 42.5 Å². The third kappa shape index (κ3) is 2.14. The normalized spacial score (nSPS) is 17.8. The molecule has 0 heterocycles. The molecule has 20 heavy (non-hydrogen) atoms. The summed E-state index contributed by atoms with van der Waals surface area (Å²) in [7, 11) is 1.96. The predicted molar refractivity (Wildman–Crippen MR) is 80.3 cm³/mol. The van der Waals surface area contributed by atoms with Crippen LogP contribution in [0.4, 0.5) is 4.39 Å². The van der Waals surface area contributed by atoms with Crippen LogP contribution in [0.15, 0.2) is 48.5 Å². The third-order valence-corrected chi connectivity index (χ3v) is 4.51. The van der Waals surface area contributed by atoms with Crippen molar-refractivity contribution in [2.24, 2.45) is 0 Å². The van der Waals surface area contributed by atoms with Crippen molar-refractivity contribution in [3.63, 3.8) is 0 Å². The Morgan fingerprint density at radius 1 is 1.10 bits per heavy atom. The molecule has 1 unspecified atom stereocenters. The Hall–Kier alpha value is -1.67. The molecule has 104 valence electrons. The maximum Gasteiger partial charge on any atom is 0.126 e. The van der Waals surface area contributed by atoms with E-state index in [2.05, 4.69) is 29.6 Å². The molecule has 1 atom stereocenters. The SMILES string of the molecule is CNC(c1ccc(C)c(F)c1)C1(c2ccccc2)CC1. The number of likely N-dealkylation sites (N-methyl/N-ethyl adjacent to an activating group) is 1. The molecule has 2 aromatic carbocycles. The van der Waals surface area contributed by atoms with Crippen molar-refractivity contribution in [2.75, 3.05) is 7.05 Å². The second kappa shape index (κ2) is 5.02. The summed E-state index contributed by atoms with van der Waals surface area (Å²) in [6.07, 6.45) is 2.30. The van der Waals surface area contributed by atoms with Gasteiger partial charge in [0.1, 0.15) is 5.82 Å². The second-order valence-electron chi connectivity index (χ2n) is 5.75. The highest BCUT2D eigenvalue weighted by atomic mass is 19.1. The van der Waals surface area contributed by atoms with Gasteiger partial charge in [0.15, 0.2) is 0 Å². The van der Waals surface area contributed by atoms with Crippen LogP contribution < -0.4 is 5.32 Å². The van der Waals surface area contributed by atoms with E-state index < -0.39 is 0 Å². The van der Waals surface area contributed by atoms with Gasteiger partial charge in [-0.2, -0.15) is 0 Å². The van der Waals surface area contributed by atoms with Gasteiger partial charge in [-0.3, -0.25) is 0 Å². The summed E-state index contributed by atoms with van der Waals surface area (Å²) in [5, 5.41) is 3.40. The summed E-state index contributed by atoms with van der Waals surface area (Å²) < 4.78 is 13.9. The highest BCUT2D eigenvalue weighted by Crippen LogP contribution is 2.56. The molecule has 0 aliphatic heterocycles. The smallest absolute Gasteiger partial charge is 0.126 e. The van der Waals surface area contributed by atoms with Crippen LogP contribution in [0.2, 0.25) is 0 Å². The molecule has 0 amide bonds. The molecular formula is C18H20FN. The van der Waals surface area contributed by atoms with Crippen LogP contribution in [0.1, 0.15) is 35.6 Å². The molecular weight excluding hydrogens is 249 g/mol. The van der Waals surface area contributed by atoms with Crippen LogP contribution in [0.3, 0.4) is 0 Å². The number of nitrogens with one attached hydrogen (secondary N) is 1. The first-order valence-electron chi connectivity index (χ1n) is 7.16. The Kier molecular flexibility index (Phi) is 3.35. The van der Waals surface area contributed by atoms with Gasteiger partial charge in [0.05, 0.1) is 0 Å². The molecule has 3 rings (SSSR count). The van der Waals surface area contributed by atoms with Gasteiger partial charge in [0.25, 0.3) is 0 Å². The zero-order valence-corrected chi connectivity index (χ0v) is 12.0. The molecule has 0 saturated heterocycles. The number of hydrogen-bond acceptors (Lipinski definition) is 1. The molecule has 1 saturated carbocycles. The van der Waals surface area contributed by atoms with Crippen molar-refractivity contribution < 1.29 is 4.39 Å². The lowest BCUT2D eigenvalue weighted by Crippen LogP contribution is -2.29. The monoisotopic (exact) mass is 269 g/mol. The van der Waals surface area contributed by atoms with Crippen LogP contribution in [-0.4, -0.2) is 7.05 Å². The summed E-state index contributed by atoms with van der Waals surface area (Å²) in [5.74, 6) is -0.119. The number of hydrogen-bond donors (Lipinski definition) is 1. The lowest BCUT2D eigenvalue weighted by Gasteiger charge is -2.28. The average molecular weight is 269 g/mol. The number of halogens is 1. The van der Waals surface area contributed by atoms with Gasteiger partial charge in [-0.15, -0.1) is 0 Å². The third-order valence-electron chi connectivity index (χ3n) is 4.51. The summed E-state index contributed by atoms with van der Waals surface area (Å²) in [6.45, 7) is 1.80. The van der Waals surface area contributed by atoms with Gasteiger partial charge in [0, 0.05) is 11.5 Å². The summed E-state index contributed by atoms with van der Waals surface area (Å²) in [5.41, 5.74) is 3.21. The molecule has 1 fully saturated rings. The minimum Gasteiger partial charge on any atom is -0.312 e. The standard InChI is InChI=1S/C18H20FN/c1-13-8-9-14(12-16(13)19)17(20-2)18(10-11-18)15-6-4-3-5-7-15/h3-9,12,17,20H,10-11H2,1-2H3. The molecule has 2 aromatic rings. The first-order valence-corrected chi connectivity index (χ1v) is 7.16. The number of rotatable bonds is 4. The van der Waals surface area contributed by atoms with Crippen LogP contribution in [-0.2, 0) is 5.41 Å². The minimum absolute atomic E-state index is 0.119. The fourth-order valence-electron chi connectivity index (χ4n) is 3.20. The Morgan fingerprint density at radius 3 is 2.35 bits per heavy atom. The van der Waals surface area contributed by atoms with E-state index >= 15 is 0 Å². The van der Waals surface area contributed by atoms with Crippen LogP contribution >= 0.6 is 0 Å². The van der Waals surface area contributed by atoms with E-state index in [4.69, 9.17) is 0 Å². The molecule has 0 spiro atoms. The molecule has 1 aliphatic carbocycles. The van der Waals surface area contributed by atoms with E-state index in [1.165, 1.54) is 5.56 Å². The molecule has 0 bridgehead atoms. The fraction of sp³-hybridized carbons (Fsp3) is 0.333. The zero-order chi connectivity index (χ0) is 14.2. The Bertz CT molecular complexity index is 602. The Balaban J connectivity index is 2.00. The van der Waals surface area contributed by atoms with E-state index in [1.807, 2.05) is 25.2 Å². The Morgan fingerprint density at radius 2 is 1.80 bits per heavy atom. The van der Waals surface area contributed by atoms with Crippen molar-refractivity contribution in [2.45, 2.75) is 31.2 Å². The number of benzene rings is 2. The zero-order valence-electron chi connectivity index (χ0n) is 12.0. The fourth-order valence-corrected chi connectivity index (χ4v) is 3.20. The molecule has 1 N–H and O–H groups in total. The maximum absolute atomic E-state index is 13.9. The molecule has 0 aromatic heterocycles. The lowest BCUT2D eigenvalue weighted by molar-refractivity contribution is 0.460. The van der Waals surface area contributed by atoms with Gasteiger partial charge < -0.3 is 5.32 Å². The molecule has 0 radical (unpaired) electrons. The van der Waals surface area contributed by atoms with Crippen molar-refractivity contribution in [1.82, 2.24) is 5.32 Å². The molecule has 1 aliphatic rings. The molecule has 1 nitrogen and oxygen atoms in total. The largest absolute Gasteiger partial charge is 0.312 e. The van der Waals surface area contributed by atoms with Crippen molar-refractivity contribution >= 4 is 0 Å². The highest BCUT2D eigenvalue weighted by Gasteiger charge is 2.50. The van der Waals surface area contributed by atoms with Gasteiger partial charge in [0.2, 0.25) is 0 Å². The van der Waals surface area contributed by atoms with Gasteiger partial charge in [-0.05, 0) is 49.6 Å². The summed E-state index contributed by atoms with van der Waals surface area (Å²) in [4.78, 5) is 0. The van der Waals surface area contributed by atoms with E-state index in [0.29, 0.717) is 5.56 Å². The summed E-state index contributed by atoms with van der Waals surface area (Å²) in [6, 6.07) is 16.3. The van der Waals surface area contributed by atoms with E-state index in [-0.39, 0.29) is 17.3 Å².